The molecule has 5 aromatic rings. The highest BCUT2D eigenvalue weighted by Crippen LogP contribution is 2.33. The SMILES string of the molecule is CCc1ccc(-c2ccc(-c3ccc4oc5ccccc5c4c3)cc2)cc1. The van der Waals surface area contributed by atoms with E-state index in [1.807, 2.05) is 12.1 Å². The summed E-state index contributed by atoms with van der Waals surface area (Å²) < 4.78 is 5.94. The van der Waals surface area contributed by atoms with Crippen molar-refractivity contribution in [1.29, 1.82) is 0 Å². The van der Waals surface area contributed by atoms with Crippen LogP contribution in [0, 0.1) is 0 Å². The first kappa shape index (κ1) is 15.9. The number of para-hydroxylation sites is 1. The molecule has 0 atom stereocenters. The number of hydrogen-bond donors (Lipinski definition) is 0. The first-order chi connectivity index (χ1) is 13.3. The molecule has 0 N–H and O–H groups in total. The summed E-state index contributed by atoms with van der Waals surface area (Å²) in [7, 11) is 0. The van der Waals surface area contributed by atoms with Gasteiger partial charge in [-0.2, -0.15) is 0 Å². The summed E-state index contributed by atoms with van der Waals surface area (Å²) in [6.07, 6.45) is 1.07. The number of aryl methyl sites for hydroxylation is 1. The van der Waals surface area contributed by atoms with E-state index in [1.54, 1.807) is 0 Å². The van der Waals surface area contributed by atoms with E-state index in [4.69, 9.17) is 4.42 Å². The zero-order valence-electron chi connectivity index (χ0n) is 15.3. The van der Waals surface area contributed by atoms with Crippen molar-refractivity contribution >= 4 is 21.9 Å². The fraction of sp³-hybridized carbons (Fsp3) is 0.0769. The molecule has 0 fully saturated rings. The largest absolute Gasteiger partial charge is 0.456 e. The van der Waals surface area contributed by atoms with E-state index in [0.717, 1.165) is 17.6 Å². The molecule has 4 aromatic carbocycles. The molecule has 0 spiro atoms. The summed E-state index contributed by atoms with van der Waals surface area (Å²) in [6, 6.07) is 32.3. The summed E-state index contributed by atoms with van der Waals surface area (Å²) in [5.74, 6) is 0. The van der Waals surface area contributed by atoms with Crippen molar-refractivity contribution in [3.63, 3.8) is 0 Å². The zero-order chi connectivity index (χ0) is 18.2. The highest BCUT2D eigenvalue weighted by atomic mass is 16.3. The van der Waals surface area contributed by atoms with Crippen molar-refractivity contribution in [2.45, 2.75) is 13.3 Å². The Kier molecular flexibility index (Phi) is 3.79. The van der Waals surface area contributed by atoms with Crippen LogP contribution in [-0.4, -0.2) is 0 Å². The van der Waals surface area contributed by atoms with Gasteiger partial charge in [0.05, 0.1) is 0 Å². The summed E-state index contributed by atoms with van der Waals surface area (Å²) in [5, 5.41) is 2.34. The molecule has 27 heavy (non-hydrogen) atoms. The van der Waals surface area contributed by atoms with Gasteiger partial charge in [0.25, 0.3) is 0 Å². The number of hydrogen-bond acceptors (Lipinski definition) is 1. The lowest BCUT2D eigenvalue weighted by molar-refractivity contribution is 0.669. The summed E-state index contributed by atoms with van der Waals surface area (Å²) in [5.41, 5.74) is 8.18. The maximum absolute atomic E-state index is 5.94. The van der Waals surface area contributed by atoms with Crippen LogP contribution in [0.4, 0.5) is 0 Å². The fourth-order valence-electron chi connectivity index (χ4n) is 3.69. The molecule has 130 valence electrons. The minimum Gasteiger partial charge on any atom is -0.456 e. The van der Waals surface area contributed by atoms with Crippen LogP contribution >= 0.6 is 0 Å². The summed E-state index contributed by atoms with van der Waals surface area (Å²) >= 11 is 0. The third kappa shape index (κ3) is 2.82. The van der Waals surface area contributed by atoms with Gasteiger partial charge in [-0.15, -0.1) is 0 Å². The normalized spacial score (nSPS) is 11.3. The van der Waals surface area contributed by atoms with Crippen molar-refractivity contribution < 1.29 is 4.42 Å². The van der Waals surface area contributed by atoms with E-state index >= 15 is 0 Å². The van der Waals surface area contributed by atoms with Crippen molar-refractivity contribution in [3.8, 4) is 22.3 Å². The maximum atomic E-state index is 5.94. The van der Waals surface area contributed by atoms with E-state index < -0.39 is 0 Å². The monoisotopic (exact) mass is 348 g/mol. The lowest BCUT2D eigenvalue weighted by Gasteiger charge is -2.06. The Bertz CT molecular complexity index is 1230. The Morgan fingerprint density at radius 3 is 1.81 bits per heavy atom. The van der Waals surface area contributed by atoms with Gasteiger partial charge in [-0.1, -0.05) is 79.7 Å². The van der Waals surface area contributed by atoms with Gasteiger partial charge in [0.2, 0.25) is 0 Å². The molecule has 0 saturated carbocycles. The lowest BCUT2D eigenvalue weighted by Crippen LogP contribution is -1.83. The second-order valence-corrected chi connectivity index (χ2v) is 6.94. The van der Waals surface area contributed by atoms with E-state index in [0.29, 0.717) is 0 Å². The maximum Gasteiger partial charge on any atom is 0.135 e. The van der Waals surface area contributed by atoms with Gasteiger partial charge in [0.15, 0.2) is 0 Å². The van der Waals surface area contributed by atoms with Gasteiger partial charge in [0, 0.05) is 10.8 Å². The molecular weight excluding hydrogens is 328 g/mol. The first-order valence-electron chi connectivity index (χ1n) is 9.43. The molecule has 0 saturated heterocycles. The van der Waals surface area contributed by atoms with Crippen molar-refractivity contribution in [2.75, 3.05) is 0 Å². The van der Waals surface area contributed by atoms with Crippen LogP contribution in [0.3, 0.4) is 0 Å². The fourth-order valence-corrected chi connectivity index (χ4v) is 3.69. The number of benzene rings is 4. The molecule has 0 unspecified atom stereocenters. The number of fused-ring (bicyclic) bond motifs is 3. The Labute approximate surface area is 158 Å². The van der Waals surface area contributed by atoms with Crippen molar-refractivity contribution in [3.05, 3.63) is 96.6 Å². The third-order valence-corrected chi connectivity index (χ3v) is 5.29. The average Bonchev–Trinajstić information content (AvgIpc) is 3.12. The van der Waals surface area contributed by atoms with Crippen LogP contribution < -0.4 is 0 Å². The summed E-state index contributed by atoms with van der Waals surface area (Å²) in [4.78, 5) is 0. The average molecular weight is 348 g/mol. The molecular formula is C26H20O. The van der Waals surface area contributed by atoms with Crippen LogP contribution in [0.1, 0.15) is 12.5 Å². The highest BCUT2D eigenvalue weighted by Gasteiger charge is 2.08. The highest BCUT2D eigenvalue weighted by molar-refractivity contribution is 6.06. The number of rotatable bonds is 3. The predicted octanol–water partition coefficient (Wildman–Crippen LogP) is 7.48. The smallest absolute Gasteiger partial charge is 0.135 e. The molecule has 0 amide bonds. The molecule has 0 bridgehead atoms. The van der Waals surface area contributed by atoms with Gasteiger partial charge < -0.3 is 4.42 Å². The minimum atomic E-state index is 0.938. The van der Waals surface area contributed by atoms with E-state index in [9.17, 15) is 0 Å². The van der Waals surface area contributed by atoms with E-state index in [1.165, 1.54) is 38.6 Å². The Balaban J connectivity index is 1.53. The van der Waals surface area contributed by atoms with Gasteiger partial charge in [0.1, 0.15) is 11.2 Å². The Hall–Kier alpha value is -3.32. The standard InChI is InChI=1S/C26H20O/c1-2-18-7-9-19(10-8-18)20-11-13-21(14-12-20)22-15-16-26-24(17-22)23-5-3-4-6-25(23)27-26/h3-17H,2H2,1H3. The van der Waals surface area contributed by atoms with Gasteiger partial charge >= 0.3 is 0 Å². The zero-order valence-corrected chi connectivity index (χ0v) is 15.3. The van der Waals surface area contributed by atoms with Gasteiger partial charge in [-0.3, -0.25) is 0 Å². The van der Waals surface area contributed by atoms with Gasteiger partial charge in [-0.25, -0.2) is 0 Å². The quantitative estimate of drug-likeness (QED) is 0.329. The molecule has 1 heteroatoms. The minimum absolute atomic E-state index is 0.938. The molecule has 0 aliphatic rings. The van der Waals surface area contributed by atoms with Crippen LogP contribution in [0.15, 0.2) is 95.4 Å². The van der Waals surface area contributed by atoms with Crippen molar-refractivity contribution in [1.82, 2.24) is 0 Å². The van der Waals surface area contributed by atoms with Crippen LogP contribution in [0.25, 0.3) is 44.2 Å². The Morgan fingerprint density at radius 2 is 1.11 bits per heavy atom. The summed E-state index contributed by atoms with van der Waals surface area (Å²) in [6.45, 7) is 2.18. The molecule has 5 rings (SSSR count). The molecule has 1 aromatic heterocycles. The van der Waals surface area contributed by atoms with E-state index in [-0.39, 0.29) is 0 Å². The molecule has 0 aliphatic carbocycles. The van der Waals surface area contributed by atoms with Crippen molar-refractivity contribution in [2.24, 2.45) is 0 Å². The second-order valence-electron chi connectivity index (χ2n) is 6.94. The first-order valence-corrected chi connectivity index (χ1v) is 9.43. The molecule has 0 aliphatic heterocycles. The molecule has 1 nitrogen and oxygen atoms in total. The van der Waals surface area contributed by atoms with Crippen LogP contribution in [0.2, 0.25) is 0 Å². The van der Waals surface area contributed by atoms with E-state index in [2.05, 4.69) is 85.8 Å². The molecule has 1 heterocycles. The van der Waals surface area contributed by atoms with Crippen LogP contribution in [-0.2, 0) is 6.42 Å². The number of furan rings is 1. The lowest BCUT2D eigenvalue weighted by atomic mass is 9.98. The molecule has 0 radical (unpaired) electrons. The second kappa shape index (κ2) is 6.44. The topological polar surface area (TPSA) is 13.1 Å². The van der Waals surface area contributed by atoms with Crippen LogP contribution in [0.5, 0.6) is 0 Å². The predicted molar refractivity (Wildman–Crippen MR) is 114 cm³/mol. The Morgan fingerprint density at radius 1 is 0.556 bits per heavy atom. The van der Waals surface area contributed by atoms with Gasteiger partial charge in [-0.05, 0) is 52.4 Å². The third-order valence-electron chi connectivity index (χ3n) is 5.29.